The highest BCUT2D eigenvalue weighted by atomic mass is 16.1. The van der Waals surface area contributed by atoms with E-state index < -0.39 is 0 Å². The van der Waals surface area contributed by atoms with Crippen LogP contribution in [-0.2, 0) is 4.79 Å². The Morgan fingerprint density at radius 2 is 1.04 bits per heavy atom. The molecular formula is C23H48N2O. The lowest BCUT2D eigenvalue weighted by molar-refractivity contribution is -0.121. The third-order valence-corrected chi connectivity index (χ3v) is 5.11. The van der Waals surface area contributed by atoms with E-state index in [0.29, 0.717) is 6.42 Å². The van der Waals surface area contributed by atoms with E-state index in [4.69, 9.17) is 0 Å². The van der Waals surface area contributed by atoms with Gasteiger partial charge in [-0.05, 0) is 25.9 Å². The summed E-state index contributed by atoms with van der Waals surface area (Å²) >= 11 is 0. The summed E-state index contributed by atoms with van der Waals surface area (Å²) in [6.07, 6.45) is 22.3. The summed E-state index contributed by atoms with van der Waals surface area (Å²) in [6, 6.07) is 0. The van der Waals surface area contributed by atoms with Crippen LogP contribution in [0.2, 0.25) is 0 Å². The van der Waals surface area contributed by atoms with Gasteiger partial charge in [-0.3, -0.25) is 4.79 Å². The zero-order valence-electron chi connectivity index (χ0n) is 18.1. The quantitative estimate of drug-likeness (QED) is 0.231. The molecule has 0 aliphatic rings. The van der Waals surface area contributed by atoms with Gasteiger partial charge in [0.2, 0.25) is 5.91 Å². The lowest BCUT2D eigenvalue weighted by atomic mass is 10.0. The second-order valence-electron chi connectivity index (χ2n) is 7.76. The molecule has 156 valence electrons. The highest BCUT2D eigenvalue weighted by molar-refractivity contribution is 5.75. The maximum atomic E-state index is 11.7. The summed E-state index contributed by atoms with van der Waals surface area (Å²) < 4.78 is 0. The minimum Gasteiger partial charge on any atom is -0.356 e. The van der Waals surface area contributed by atoms with E-state index >= 15 is 0 Å². The van der Waals surface area contributed by atoms with Gasteiger partial charge in [-0.15, -0.1) is 0 Å². The van der Waals surface area contributed by atoms with Crippen LogP contribution in [0.15, 0.2) is 0 Å². The number of hydrogen-bond acceptors (Lipinski definition) is 2. The molecule has 0 spiro atoms. The minimum atomic E-state index is 0.233. The lowest BCUT2D eigenvalue weighted by Gasteiger charge is -2.06. The average Bonchev–Trinajstić information content (AvgIpc) is 2.64. The van der Waals surface area contributed by atoms with Crippen molar-refractivity contribution >= 4 is 5.91 Å². The maximum absolute atomic E-state index is 11.7. The second kappa shape index (κ2) is 22.5. The van der Waals surface area contributed by atoms with Gasteiger partial charge in [0.15, 0.2) is 0 Å². The molecule has 0 aliphatic heterocycles. The molecule has 3 heteroatoms. The maximum Gasteiger partial charge on any atom is 0.219 e. The molecule has 3 nitrogen and oxygen atoms in total. The van der Waals surface area contributed by atoms with Crippen LogP contribution in [-0.4, -0.2) is 25.5 Å². The van der Waals surface area contributed by atoms with E-state index in [2.05, 4.69) is 24.5 Å². The van der Waals surface area contributed by atoms with Crippen molar-refractivity contribution in [2.45, 2.75) is 123 Å². The zero-order chi connectivity index (χ0) is 19.1. The van der Waals surface area contributed by atoms with Crippen LogP contribution in [0.3, 0.4) is 0 Å². The first-order valence-corrected chi connectivity index (χ1v) is 11.8. The Morgan fingerprint density at radius 1 is 0.577 bits per heavy atom. The molecule has 0 heterocycles. The first-order valence-electron chi connectivity index (χ1n) is 11.8. The first kappa shape index (κ1) is 25.4. The molecule has 0 unspecified atom stereocenters. The van der Waals surface area contributed by atoms with Crippen LogP contribution in [0.25, 0.3) is 0 Å². The fourth-order valence-corrected chi connectivity index (χ4v) is 3.36. The molecule has 0 atom stereocenters. The number of amides is 1. The molecule has 0 aliphatic carbocycles. The van der Waals surface area contributed by atoms with Gasteiger partial charge in [0.05, 0.1) is 0 Å². The molecule has 2 N–H and O–H groups in total. The summed E-state index contributed by atoms with van der Waals surface area (Å²) in [5.41, 5.74) is 0. The normalized spacial score (nSPS) is 11.0. The molecule has 0 saturated carbocycles. The molecule has 1 amide bonds. The van der Waals surface area contributed by atoms with E-state index in [-0.39, 0.29) is 5.91 Å². The van der Waals surface area contributed by atoms with Crippen LogP contribution in [0.1, 0.15) is 123 Å². The fraction of sp³-hybridized carbons (Fsp3) is 0.957. The van der Waals surface area contributed by atoms with Crippen molar-refractivity contribution in [2.24, 2.45) is 0 Å². The predicted molar refractivity (Wildman–Crippen MR) is 116 cm³/mol. The van der Waals surface area contributed by atoms with Crippen molar-refractivity contribution in [2.75, 3.05) is 19.6 Å². The Labute approximate surface area is 164 Å². The summed E-state index contributed by atoms with van der Waals surface area (Å²) in [7, 11) is 0. The highest BCUT2D eigenvalue weighted by Crippen LogP contribution is 2.13. The second-order valence-corrected chi connectivity index (χ2v) is 7.76. The van der Waals surface area contributed by atoms with Gasteiger partial charge in [0.1, 0.15) is 0 Å². The Kier molecular flexibility index (Phi) is 22.0. The summed E-state index contributed by atoms with van der Waals surface area (Å²) in [4.78, 5) is 11.7. The van der Waals surface area contributed by atoms with E-state index in [1.54, 1.807) is 0 Å². The van der Waals surface area contributed by atoms with Crippen LogP contribution in [0.5, 0.6) is 0 Å². The summed E-state index contributed by atoms with van der Waals surface area (Å²) in [6.45, 7) is 7.20. The fourth-order valence-electron chi connectivity index (χ4n) is 3.36. The van der Waals surface area contributed by atoms with Crippen LogP contribution in [0.4, 0.5) is 0 Å². The molecule has 0 radical (unpaired) electrons. The van der Waals surface area contributed by atoms with Crippen molar-refractivity contribution in [3.63, 3.8) is 0 Å². The van der Waals surface area contributed by atoms with Crippen molar-refractivity contribution in [3.05, 3.63) is 0 Å². The van der Waals surface area contributed by atoms with Crippen LogP contribution in [0, 0.1) is 0 Å². The summed E-state index contributed by atoms with van der Waals surface area (Å²) in [5.74, 6) is 0.233. The molecule has 0 saturated heterocycles. The Morgan fingerprint density at radius 3 is 1.50 bits per heavy atom. The molecule has 0 aromatic carbocycles. The highest BCUT2D eigenvalue weighted by Gasteiger charge is 2.00. The topological polar surface area (TPSA) is 41.1 Å². The number of nitrogens with one attached hydrogen (secondary N) is 2. The first-order chi connectivity index (χ1) is 12.8. The van der Waals surface area contributed by atoms with Crippen molar-refractivity contribution in [3.8, 4) is 0 Å². The van der Waals surface area contributed by atoms with Gasteiger partial charge >= 0.3 is 0 Å². The molecular weight excluding hydrogens is 320 g/mol. The standard InChI is InChI=1S/C23H48N2O/c1-3-5-6-7-8-9-10-11-12-13-14-15-16-17-18-20-23(26)25-22-19-21-24-4-2/h24H,3-22H2,1-2H3,(H,25,26). The van der Waals surface area contributed by atoms with Crippen LogP contribution < -0.4 is 10.6 Å². The van der Waals surface area contributed by atoms with Crippen LogP contribution >= 0.6 is 0 Å². The minimum absolute atomic E-state index is 0.233. The van der Waals surface area contributed by atoms with Gasteiger partial charge < -0.3 is 10.6 Å². The molecule has 26 heavy (non-hydrogen) atoms. The SMILES string of the molecule is CCCCCCCCCCCCCCCCCC(=O)NCCCNCC. The predicted octanol–water partition coefficient (Wildman–Crippen LogP) is 6.36. The number of rotatable bonds is 21. The Hall–Kier alpha value is -0.570. The Balaban J connectivity index is 3.09. The Bertz CT molecular complexity index is 281. The smallest absolute Gasteiger partial charge is 0.219 e. The monoisotopic (exact) mass is 368 g/mol. The molecule has 0 bridgehead atoms. The van der Waals surface area contributed by atoms with Crippen molar-refractivity contribution in [1.29, 1.82) is 0 Å². The van der Waals surface area contributed by atoms with Gasteiger partial charge in [-0.2, -0.15) is 0 Å². The zero-order valence-corrected chi connectivity index (χ0v) is 18.1. The van der Waals surface area contributed by atoms with Gasteiger partial charge in [-0.1, -0.05) is 104 Å². The number of hydrogen-bond donors (Lipinski definition) is 2. The van der Waals surface area contributed by atoms with E-state index in [1.807, 2.05) is 0 Å². The third kappa shape index (κ3) is 21.5. The lowest BCUT2D eigenvalue weighted by Crippen LogP contribution is -2.27. The average molecular weight is 369 g/mol. The van der Waals surface area contributed by atoms with Crippen molar-refractivity contribution < 1.29 is 4.79 Å². The number of carbonyl (C=O) groups is 1. The summed E-state index contributed by atoms with van der Waals surface area (Å²) in [5, 5.41) is 6.28. The van der Waals surface area contributed by atoms with E-state index in [0.717, 1.165) is 32.5 Å². The number of unbranched alkanes of at least 4 members (excludes halogenated alkanes) is 14. The molecule has 0 fully saturated rings. The largest absolute Gasteiger partial charge is 0.356 e. The number of carbonyl (C=O) groups excluding carboxylic acids is 1. The van der Waals surface area contributed by atoms with Gasteiger partial charge in [-0.25, -0.2) is 0 Å². The van der Waals surface area contributed by atoms with Gasteiger partial charge in [0, 0.05) is 13.0 Å². The molecule has 0 rings (SSSR count). The van der Waals surface area contributed by atoms with E-state index in [9.17, 15) is 4.79 Å². The molecule has 0 aromatic rings. The molecule has 0 aromatic heterocycles. The third-order valence-electron chi connectivity index (χ3n) is 5.11. The van der Waals surface area contributed by atoms with E-state index in [1.165, 1.54) is 89.9 Å². The van der Waals surface area contributed by atoms with Gasteiger partial charge in [0.25, 0.3) is 0 Å². The van der Waals surface area contributed by atoms with Crippen molar-refractivity contribution in [1.82, 2.24) is 10.6 Å².